The van der Waals surface area contributed by atoms with Gasteiger partial charge in [0, 0.05) is 6.42 Å². The van der Waals surface area contributed by atoms with Gasteiger partial charge in [-0.2, -0.15) is 0 Å². The van der Waals surface area contributed by atoms with E-state index in [0.717, 1.165) is 0 Å². The maximum atomic E-state index is 14.3. The van der Waals surface area contributed by atoms with Crippen LogP contribution in [0.15, 0.2) is 6.07 Å². The molecule has 0 bridgehead atoms. The van der Waals surface area contributed by atoms with E-state index in [1.54, 1.807) is 6.92 Å². The van der Waals surface area contributed by atoms with E-state index in [-0.39, 0.29) is 40.2 Å². The van der Waals surface area contributed by atoms with Crippen LogP contribution in [-0.2, 0) is 4.79 Å². The van der Waals surface area contributed by atoms with Crippen LogP contribution in [0.2, 0.25) is 5.02 Å². The van der Waals surface area contributed by atoms with Crippen molar-refractivity contribution in [3.05, 3.63) is 28.0 Å². The molecular formula is C14H15ClFNO3. The van der Waals surface area contributed by atoms with E-state index in [0.29, 0.717) is 12.8 Å². The molecule has 1 aliphatic heterocycles. The molecule has 2 rings (SSSR count). The van der Waals surface area contributed by atoms with Crippen LogP contribution in [0.4, 0.5) is 4.39 Å². The van der Waals surface area contributed by atoms with Crippen molar-refractivity contribution >= 4 is 23.3 Å². The number of hydrogen-bond acceptors (Lipinski definition) is 3. The molecule has 1 N–H and O–H groups in total. The molecule has 1 aromatic rings. The van der Waals surface area contributed by atoms with Gasteiger partial charge in [-0.05, 0) is 26.3 Å². The summed E-state index contributed by atoms with van der Waals surface area (Å²) in [5.41, 5.74) is 0.393. The van der Waals surface area contributed by atoms with Crippen molar-refractivity contribution in [2.75, 3.05) is 6.61 Å². The molecule has 1 unspecified atom stereocenters. The molecule has 4 nitrogen and oxygen atoms in total. The highest BCUT2D eigenvalue weighted by Gasteiger charge is 2.31. The number of hydrogen-bond donors (Lipinski definition) is 1. The second-order valence-corrected chi connectivity index (χ2v) is 5.02. The number of amides is 1. The Balaban J connectivity index is 2.62. The second-order valence-electron chi connectivity index (χ2n) is 4.61. The van der Waals surface area contributed by atoms with Crippen molar-refractivity contribution in [1.29, 1.82) is 0 Å². The number of carbonyl (C=O) groups is 2. The molecule has 1 saturated heterocycles. The Labute approximate surface area is 121 Å². The first kappa shape index (κ1) is 14.8. The first-order valence-electron chi connectivity index (χ1n) is 6.40. The van der Waals surface area contributed by atoms with Crippen LogP contribution in [0.5, 0.6) is 5.75 Å². The highest BCUT2D eigenvalue weighted by Crippen LogP contribution is 2.39. The molecule has 0 radical (unpaired) electrons. The number of Topliss-reactive ketones (excluding diaryl/α,β-unsaturated/α-hetero) is 1. The van der Waals surface area contributed by atoms with Gasteiger partial charge >= 0.3 is 0 Å². The third kappa shape index (κ3) is 2.63. The number of halogens is 2. The van der Waals surface area contributed by atoms with Gasteiger partial charge in [0.05, 0.1) is 28.8 Å². The molecular weight excluding hydrogens is 285 g/mol. The quantitative estimate of drug-likeness (QED) is 0.870. The standard InChI is InChI=1S/C14H15ClFNO3/c1-3-20-14-8(7(2)18)6-9(15)13(16)12(14)10-4-5-11(19)17-10/h6,10H,3-5H2,1-2H3,(H,17,19). The summed E-state index contributed by atoms with van der Waals surface area (Å²) >= 11 is 5.85. The normalized spacial score (nSPS) is 18.0. The SMILES string of the molecule is CCOc1c(C(C)=O)cc(Cl)c(F)c1C1CCC(=O)N1. The van der Waals surface area contributed by atoms with Gasteiger partial charge in [0.15, 0.2) is 11.6 Å². The third-order valence-corrected chi connectivity index (χ3v) is 3.49. The number of carbonyl (C=O) groups excluding carboxylic acids is 2. The maximum absolute atomic E-state index is 14.3. The summed E-state index contributed by atoms with van der Waals surface area (Å²) in [5.74, 6) is -0.886. The summed E-state index contributed by atoms with van der Waals surface area (Å²) in [5, 5.41) is 2.53. The molecule has 1 aliphatic rings. The molecule has 1 heterocycles. The summed E-state index contributed by atoms with van der Waals surface area (Å²) in [4.78, 5) is 23.0. The first-order chi connectivity index (χ1) is 9.45. The predicted molar refractivity (Wildman–Crippen MR) is 72.7 cm³/mol. The molecule has 20 heavy (non-hydrogen) atoms. The summed E-state index contributed by atoms with van der Waals surface area (Å²) in [6.45, 7) is 3.39. The van der Waals surface area contributed by atoms with E-state index in [1.165, 1.54) is 13.0 Å². The van der Waals surface area contributed by atoms with E-state index in [4.69, 9.17) is 16.3 Å². The van der Waals surface area contributed by atoms with E-state index >= 15 is 0 Å². The fourth-order valence-electron chi connectivity index (χ4n) is 2.33. The Bertz CT molecular complexity index is 574. The minimum Gasteiger partial charge on any atom is -0.493 e. The first-order valence-corrected chi connectivity index (χ1v) is 6.78. The van der Waals surface area contributed by atoms with Gasteiger partial charge < -0.3 is 10.1 Å². The van der Waals surface area contributed by atoms with E-state index in [2.05, 4.69) is 5.32 Å². The minimum absolute atomic E-state index is 0.144. The predicted octanol–water partition coefficient (Wildman–Crippen LogP) is 3.03. The monoisotopic (exact) mass is 299 g/mol. The van der Waals surface area contributed by atoms with Gasteiger partial charge in [0.2, 0.25) is 5.91 Å². The van der Waals surface area contributed by atoms with Crippen molar-refractivity contribution in [2.24, 2.45) is 0 Å². The number of benzene rings is 1. The average molecular weight is 300 g/mol. The van der Waals surface area contributed by atoms with Gasteiger partial charge in [0.1, 0.15) is 5.75 Å². The Morgan fingerprint density at radius 2 is 2.30 bits per heavy atom. The van der Waals surface area contributed by atoms with Gasteiger partial charge in [-0.25, -0.2) is 4.39 Å². The van der Waals surface area contributed by atoms with E-state index in [1.807, 2.05) is 0 Å². The zero-order valence-electron chi connectivity index (χ0n) is 11.3. The Morgan fingerprint density at radius 1 is 1.60 bits per heavy atom. The van der Waals surface area contributed by atoms with Crippen LogP contribution in [0.3, 0.4) is 0 Å². The molecule has 108 valence electrons. The summed E-state index contributed by atoms with van der Waals surface area (Å²) in [6.07, 6.45) is 0.769. The molecule has 0 aromatic heterocycles. The molecule has 0 saturated carbocycles. The van der Waals surface area contributed by atoms with Gasteiger partial charge in [-0.3, -0.25) is 9.59 Å². The van der Waals surface area contributed by atoms with Crippen LogP contribution in [0.1, 0.15) is 48.7 Å². The Hall–Kier alpha value is -1.62. The smallest absolute Gasteiger partial charge is 0.220 e. The van der Waals surface area contributed by atoms with Crippen molar-refractivity contribution in [2.45, 2.75) is 32.7 Å². The van der Waals surface area contributed by atoms with Crippen molar-refractivity contribution in [3.63, 3.8) is 0 Å². The topological polar surface area (TPSA) is 55.4 Å². The van der Waals surface area contributed by atoms with Crippen LogP contribution >= 0.6 is 11.6 Å². The zero-order valence-corrected chi connectivity index (χ0v) is 12.0. The minimum atomic E-state index is -0.646. The number of rotatable bonds is 4. The lowest BCUT2D eigenvalue weighted by Crippen LogP contribution is -2.21. The second kappa shape index (κ2) is 5.79. The number of ketones is 1. The van der Waals surface area contributed by atoms with Crippen LogP contribution in [0, 0.1) is 5.82 Å². The molecule has 6 heteroatoms. The zero-order chi connectivity index (χ0) is 14.9. The maximum Gasteiger partial charge on any atom is 0.220 e. The highest BCUT2D eigenvalue weighted by atomic mass is 35.5. The van der Waals surface area contributed by atoms with Crippen molar-refractivity contribution in [1.82, 2.24) is 5.32 Å². The van der Waals surface area contributed by atoms with Crippen molar-refractivity contribution < 1.29 is 18.7 Å². The summed E-state index contributed by atoms with van der Waals surface area (Å²) < 4.78 is 19.8. The largest absolute Gasteiger partial charge is 0.493 e. The van der Waals surface area contributed by atoms with Crippen molar-refractivity contribution in [3.8, 4) is 5.75 Å². The lowest BCUT2D eigenvalue weighted by molar-refractivity contribution is -0.119. The molecule has 1 fully saturated rings. The fourth-order valence-corrected chi connectivity index (χ4v) is 2.54. The summed E-state index contributed by atoms with van der Waals surface area (Å²) in [6, 6.07) is 0.755. The van der Waals surface area contributed by atoms with Gasteiger partial charge in [0.25, 0.3) is 0 Å². The van der Waals surface area contributed by atoms with Crippen LogP contribution < -0.4 is 10.1 Å². The lowest BCUT2D eigenvalue weighted by Gasteiger charge is -2.20. The molecule has 0 aliphatic carbocycles. The van der Waals surface area contributed by atoms with Crippen LogP contribution in [-0.4, -0.2) is 18.3 Å². The Morgan fingerprint density at radius 3 is 2.80 bits per heavy atom. The van der Waals surface area contributed by atoms with E-state index in [9.17, 15) is 14.0 Å². The summed E-state index contributed by atoms with van der Waals surface area (Å²) in [7, 11) is 0. The lowest BCUT2D eigenvalue weighted by atomic mass is 9.98. The molecule has 0 spiro atoms. The molecule has 1 aromatic carbocycles. The fraction of sp³-hybridized carbons (Fsp3) is 0.429. The highest BCUT2D eigenvalue weighted by molar-refractivity contribution is 6.31. The average Bonchev–Trinajstić information content (AvgIpc) is 2.80. The third-order valence-electron chi connectivity index (χ3n) is 3.22. The molecule has 1 amide bonds. The Kier molecular flexibility index (Phi) is 4.28. The number of nitrogens with one attached hydrogen (secondary N) is 1. The number of ether oxygens (including phenoxy) is 1. The van der Waals surface area contributed by atoms with Gasteiger partial charge in [-0.15, -0.1) is 0 Å². The van der Waals surface area contributed by atoms with Crippen LogP contribution in [0.25, 0.3) is 0 Å². The van der Waals surface area contributed by atoms with Gasteiger partial charge in [-0.1, -0.05) is 11.6 Å². The molecule has 1 atom stereocenters. The van der Waals surface area contributed by atoms with E-state index < -0.39 is 11.9 Å².